The third kappa shape index (κ3) is 9.94. The molecule has 0 fully saturated rings. The van der Waals surface area contributed by atoms with E-state index in [1.54, 1.807) is 0 Å². The van der Waals surface area contributed by atoms with Gasteiger partial charge in [0.1, 0.15) is 0 Å². The number of aromatic nitrogens is 3. The number of fused-ring (bicyclic) bond motifs is 2. The molecule has 0 saturated carbocycles. The van der Waals surface area contributed by atoms with E-state index in [-0.39, 0.29) is 18.3 Å². The van der Waals surface area contributed by atoms with Crippen molar-refractivity contribution in [2.45, 2.75) is 46.4 Å². The van der Waals surface area contributed by atoms with Crippen molar-refractivity contribution >= 4 is 46.4 Å². The SMILES string of the molecule is [2H]C([2H])(c1ccccc1-c1ccc(-n2[c](=[Pt])n(-c3c(-c4ccccc4)cccc3-c3cc(-c4ccccc4)cc(C(C)(C)C)c3)c3ccccc32)[c-]c1Oc1cccc(N2B(c3ccccc3)N(c3ccccc3)c3ccc[c-]c32)n1)C(C)C. The van der Waals surface area contributed by atoms with E-state index in [0.29, 0.717) is 34.1 Å². The zero-order chi connectivity index (χ0) is 57.7. The molecule has 3 heterocycles. The third-order valence-corrected chi connectivity index (χ3v) is 16.2. The first kappa shape index (κ1) is 50.0. The van der Waals surface area contributed by atoms with E-state index in [4.69, 9.17) is 9.72 Å². The zero-order valence-electron chi connectivity index (χ0n) is 48.4. The van der Waals surface area contributed by atoms with E-state index in [2.05, 4.69) is 259 Å². The number of hydrogen-bond donors (Lipinski definition) is 0. The molecule has 0 saturated heterocycles. The molecular formula is C74H60BN5OPt-2. The fourth-order valence-corrected chi connectivity index (χ4v) is 12.5. The topological polar surface area (TPSA) is 38.5 Å². The summed E-state index contributed by atoms with van der Waals surface area (Å²) in [4.78, 5) is 9.95. The van der Waals surface area contributed by atoms with Gasteiger partial charge in [-0.05, 0) is 12.1 Å². The molecule has 0 unspecified atom stereocenters. The van der Waals surface area contributed by atoms with Crippen molar-refractivity contribution in [3.63, 3.8) is 0 Å². The molecule has 0 aliphatic carbocycles. The zero-order valence-corrected chi connectivity index (χ0v) is 48.6. The molecule has 0 bridgehead atoms. The van der Waals surface area contributed by atoms with Gasteiger partial charge in [0.15, 0.2) is 0 Å². The third-order valence-electron chi connectivity index (χ3n) is 15.2. The Kier molecular flexibility index (Phi) is 13.5. The predicted molar refractivity (Wildman–Crippen MR) is 336 cm³/mol. The summed E-state index contributed by atoms with van der Waals surface area (Å²) in [5.74, 6) is 1.11. The molecule has 12 aromatic rings. The van der Waals surface area contributed by atoms with E-state index in [0.717, 1.165) is 82.1 Å². The Bertz CT molecular complexity index is 4450. The van der Waals surface area contributed by atoms with Crippen LogP contribution in [0.25, 0.3) is 66.9 Å². The first-order valence-electron chi connectivity index (χ1n) is 28.9. The molecule has 10 aromatic carbocycles. The molecule has 0 amide bonds. The van der Waals surface area contributed by atoms with Gasteiger partial charge in [0.05, 0.1) is 0 Å². The average Bonchev–Trinajstić information content (AvgIpc) is 2.08. The molecule has 82 heavy (non-hydrogen) atoms. The number of imidazole rings is 1. The van der Waals surface area contributed by atoms with Crippen LogP contribution in [0.3, 0.4) is 0 Å². The number of hydrogen-bond acceptors (Lipinski definition) is 4. The molecule has 1 aliphatic rings. The van der Waals surface area contributed by atoms with E-state index in [9.17, 15) is 2.74 Å². The van der Waals surface area contributed by atoms with E-state index in [1.165, 1.54) is 5.56 Å². The Labute approximate surface area is 495 Å². The van der Waals surface area contributed by atoms with Gasteiger partial charge < -0.3 is 0 Å². The van der Waals surface area contributed by atoms with Crippen molar-refractivity contribution in [2.24, 2.45) is 5.92 Å². The molecule has 6 nitrogen and oxygen atoms in total. The average molecular weight is 1240 g/mol. The Hall–Kier alpha value is -9.03. The van der Waals surface area contributed by atoms with E-state index >= 15 is 0 Å². The summed E-state index contributed by atoms with van der Waals surface area (Å²) in [6.07, 6.45) is -1.67. The first-order valence-corrected chi connectivity index (χ1v) is 29.1. The van der Waals surface area contributed by atoms with Gasteiger partial charge in [-0.15, -0.1) is 6.07 Å². The monoisotopic (exact) mass is 1240 g/mol. The Morgan fingerprint density at radius 1 is 0.561 bits per heavy atom. The molecule has 402 valence electrons. The maximum absolute atomic E-state index is 9.47. The molecule has 13 rings (SSSR count). The number of benzene rings is 10. The number of para-hydroxylation sites is 5. The molecule has 2 aromatic heterocycles. The minimum absolute atomic E-state index is 0.127. The minimum atomic E-state index is -1.67. The van der Waals surface area contributed by atoms with Crippen LogP contribution >= 0.6 is 0 Å². The van der Waals surface area contributed by atoms with Gasteiger partial charge in [-0.1, -0.05) is 48.5 Å². The standard InChI is InChI=1S/C74H60BN5O.Pt/c1-52(2)46-55-30-18-19-35-62(55)65-45-44-61(50-70(65)81-72-43-25-42-71(76-72)80-69-41-23-22-40-68(69)79(60-33-16-9-17-34-60)75(80)59-31-14-8-15-32-59)77-51-78(67-39-21-20-38-66(67)77)73-63(54-28-12-7-13-29-54)36-24-37-64(73)57-47-56(53-26-10-6-11-27-53)48-58(49-57)74(3,4)5;/h6-40,42-45,47-49,52H,46H2,1-5H3;/q-2;/i46D2;. The van der Waals surface area contributed by atoms with Gasteiger partial charge in [-0.25, -0.2) is 0 Å². The second-order valence-electron chi connectivity index (χ2n) is 22.0. The van der Waals surface area contributed by atoms with Gasteiger partial charge in [-0.3, -0.25) is 0 Å². The summed E-state index contributed by atoms with van der Waals surface area (Å²) in [5, 5.41) is 0. The second-order valence-corrected chi connectivity index (χ2v) is 23.0. The van der Waals surface area contributed by atoms with Crippen LogP contribution in [0.15, 0.2) is 255 Å². The van der Waals surface area contributed by atoms with Gasteiger partial charge in [0.25, 0.3) is 0 Å². The quantitative estimate of drug-likeness (QED) is 0.0852. The fourth-order valence-electron chi connectivity index (χ4n) is 11.4. The van der Waals surface area contributed by atoms with Crippen molar-refractivity contribution in [3.8, 4) is 67.5 Å². The summed E-state index contributed by atoms with van der Waals surface area (Å²) < 4.78 is 31.7. The number of rotatable bonds is 13. The molecular weight excluding hydrogens is 1180 g/mol. The number of pyridine rings is 1. The normalized spacial score (nSPS) is 12.9. The van der Waals surface area contributed by atoms with Crippen LogP contribution in [0.5, 0.6) is 11.6 Å². The van der Waals surface area contributed by atoms with Crippen LogP contribution in [0.1, 0.15) is 48.5 Å². The Morgan fingerprint density at radius 2 is 1.17 bits per heavy atom. The number of ether oxygens (including phenoxy) is 1. The van der Waals surface area contributed by atoms with Gasteiger partial charge in [-0.2, -0.15) is 12.1 Å². The fraction of sp³-hybridized carbons (Fsp3) is 0.108. The first-order chi connectivity index (χ1) is 40.8. The van der Waals surface area contributed by atoms with E-state index in [1.807, 2.05) is 80.6 Å². The van der Waals surface area contributed by atoms with Crippen LogP contribution in [0.4, 0.5) is 22.9 Å². The summed E-state index contributed by atoms with van der Waals surface area (Å²) in [6.45, 7) is 10.4. The van der Waals surface area contributed by atoms with Crippen LogP contribution < -0.4 is 19.8 Å². The maximum atomic E-state index is 9.47. The second kappa shape index (κ2) is 22.1. The Balaban J connectivity index is 1.01. The summed E-state index contributed by atoms with van der Waals surface area (Å²) in [5.41, 5.74) is 17.6. The molecule has 0 radical (unpaired) electrons. The van der Waals surface area contributed by atoms with Gasteiger partial charge >= 0.3 is 414 Å². The van der Waals surface area contributed by atoms with E-state index < -0.39 is 6.37 Å². The van der Waals surface area contributed by atoms with Crippen LogP contribution in [0, 0.1) is 21.9 Å². The number of nitrogens with zero attached hydrogens (tertiary/aromatic N) is 5. The summed E-state index contributed by atoms with van der Waals surface area (Å²) in [7, 11) is 0. The van der Waals surface area contributed by atoms with Crippen molar-refractivity contribution in [1.29, 1.82) is 0 Å². The summed E-state index contributed by atoms with van der Waals surface area (Å²) >= 11 is 2.49. The van der Waals surface area contributed by atoms with Crippen molar-refractivity contribution in [2.75, 3.05) is 9.62 Å². The van der Waals surface area contributed by atoms with Crippen molar-refractivity contribution < 1.29 is 26.8 Å². The van der Waals surface area contributed by atoms with Gasteiger partial charge in [0, 0.05) is 5.69 Å². The predicted octanol–water partition coefficient (Wildman–Crippen LogP) is 18.1. The van der Waals surface area contributed by atoms with Crippen LogP contribution in [-0.2, 0) is 31.1 Å². The molecule has 1 aliphatic heterocycles. The van der Waals surface area contributed by atoms with Crippen molar-refractivity contribution in [3.05, 3.63) is 282 Å². The van der Waals surface area contributed by atoms with Crippen LogP contribution in [0.2, 0.25) is 0 Å². The molecule has 0 N–H and O–H groups in total. The van der Waals surface area contributed by atoms with Crippen molar-refractivity contribution in [1.82, 2.24) is 14.1 Å². The van der Waals surface area contributed by atoms with Crippen LogP contribution in [-0.4, -0.2) is 21.1 Å². The van der Waals surface area contributed by atoms with Gasteiger partial charge in [0.2, 0.25) is 0 Å². The molecule has 8 heteroatoms. The molecule has 0 atom stereocenters. The Morgan fingerprint density at radius 3 is 1.89 bits per heavy atom. The summed E-state index contributed by atoms with van der Waals surface area (Å²) in [6, 6.07) is 95.9. The number of anilines is 4. The molecule has 0 spiro atoms.